The van der Waals surface area contributed by atoms with Crippen molar-refractivity contribution in [1.29, 1.82) is 0 Å². The topological polar surface area (TPSA) is 67.4 Å². The molecule has 0 unspecified atom stereocenters. The lowest BCUT2D eigenvalue weighted by Crippen LogP contribution is -2.47. The Kier molecular flexibility index (Phi) is 5.86. The molecule has 0 saturated carbocycles. The second kappa shape index (κ2) is 7.87. The number of halogens is 3. The first-order valence-electron chi connectivity index (χ1n) is 6.84. The van der Waals surface area contributed by atoms with E-state index in [2.05, 4.69) is 26.8 Å². The van der Waals surface area contributed by atoms with Gasteiger partial charge in [0.2, 0.25) is 0 Å². The summed E-state index contributed by atoms with van der Waals surface area (Å²) in [5.74, 6) is -2.31. The van der Waals surface area contributed by atoms with Crippen molar-refractivity contribution in [3.8, 4) is 5.75 Å². The summed E-state index contributed by atoms with van der Waals surface area (Å²) < 4.78 is 32.2. The molecule has 2 N–H and O–H groups in total. The summed E-state index contributed by atoms with van der Waals surface area (Å²) in [6.45, 7) is 1.45. The molecular weight excluding hydrogens is 386 g/mol. The molecule has 0 saturated heterocycles. The van der Waals surface area contributed by atoms with Crippen LogP contribution in [0.15, 0.2) is 46.9 Å². The lowest BCUT2D eigenvalue weighted by Gasteiger charge is -2.15. The predicted molar refractivity (Wildman–Crippen MR) is 86.2 cm³/mol. The van der Waals surface area contributed by atoms with E-state index in [1.54, 1.807) is 0 Å². The Bertz CT molecular complexity index is 753. The smallest absolute Gasteiger partial charge is 0.279 e. The number of benzene rings is 2. The van der Waals surface area contributed by atoms with Gasteiger partial charge in [-0.25, -0.2) is 8.78 Å². The second-order valence-electron chi connectivity index (χ2n) is 4.78. The minimum atomic E-state index is -0.953. The Labute approximate surface area is 145 Å². The molecule has 0 fully saturated rings. The van der Waals surface area contributed by atoms with Gasteiger partial charge >= 0.3 is 0 Å². The molecule has 0 spiro atoms. The summed E-state index contributed by atoms with van der Waals surface area (Å²) in [5, 5.41) is 0. The minimum absolute atomic E-state index is 0.217. The van der Waals surface area contributed by atoms with Gasteiger partial charge in [-0.15, -0.1) is 0 Å². The van der Waals surface area contributed by atoms with Gasteiger partial charge in [0.15, 0.2) is 6.10 Å². The van der Waals surface area contributed by atoms with E-state index in [0.717, 1.165) is 6.07 Å². The zero-order valence-corrected chi connectivity index (χ0v) is 14.1. The fourth-order valence-electron chi connectivity index (χ4n) is 1.73. The number of nitrogens with one attached hydrogen (secondary N) is 2. The van der Waals surface area contributed by atoms with Crippen molar-refractivity contribution in [3.05, 3.63) is 64.1 Å². The summed E-state index contributed by atoms with van der Waals surface area (Å²) in [4.78, 5) is 23.7. The third-order valence-electron chi connectivity index (χ3n) is 2.97. The van der Waals surface area contributed by atoms with E-state index in [-0.39, 0.29) is 5.56 Å². The van der Waals surface area contributed by atoms with Gasteiger partial charge in [-0.1, -0.05) is 15.9 Å². The van der Waals surface area contributed by atoms with Gasteiger partial charge in [0.25, 0.3) is 11.8 Å². The molecule has 0 bridgehead atoms. The molecule has 2 aromatic rings. The number of hydrogen-bond acceptors (Lipinski definition) is 3. The Hall–Kier alpha value is -2.48. The highest BCUT2D eigenvalue weighted by molar-refractivity contribution is 9.10. The minimum Gasteiger partial charge on any atom is -0.481 e. The summed E-state index contributed by atoms with van der Waals surface area (Å²) >= 11 is 3.08. The van der Waals surface area contributed by atoms with Gasteiger partial charge in [0.05, 0.1) is 5.56 Å². The first-order valence-corrected chi connectivity index (χ1v) is 7.63. The number of hydrazine groups is 1. The molecule has 2 rings (SSSR count). The largest absolute Gasteiger partial charge is 0.481 e. The number of carbonyl (C=O) groups excluding carboxylic acids is 2. The second-order valence-corrected chi connectivity index (χ2v) is 5.70. The average molecular weight is 399 g/mol. The third-order valence-corrected chi connectivity index (χ3v) is 3.46. The molecule has 24 heavy (non-hydrogen) atoms. The maximum atomic E-state index is 13.6. The van der Waals surface area contributed by atoms with Gasteiger partial charge in [-0.3, -0.25) is 20.4 Å². The van der Waals surface area contributed by atoms with Gasteiger partial charge in [-0.05, 0) is 49.4 Å². The van der Waals surface area contributed by atoms with Crippen LogP contribution in [-0.2, 0) is 4.79 Å². The van der Waals surface area contributed by atoms with Crippen LogP contribution in [0.2, 0.25) is 0 Å². The molecule has 0 heterocycles. The molecule has 0 aliphatic heterocycles. The Morgan fingerprint density at radius 1 is 1.08 bits per heavy atom. The van der Waals surface area contributed by atoms with Crippen molar-refractivity contribution in [1.82, 2.24) is 10.9 Å². The number of rotatable bonds is 4. The normalized spacial score (nSPS) is 11.5. The summed E-state index contributed by atoms with van der Waals surface area (Å²) in [5.41, 5.74) is 4.02. The number of amides is 2. The fraction of sp³-hybridized carbons (Fsp3) is 0.125. The number of hydrogen-bond donors (Lipinski definition) is 2. The van der Waals surface area contributed by atoms with Crippen LogP contribution in [0.3, 0.4) is 0 Å². The highest BCUT2D eigenvalue weighted by Crippen LogP contribution is 2.15. The molecule has 2 aromatic carbocycles. The highest BCUT2D eigenvalue weighted by atomic mass is 79.9. The van der Waals surface area contributed by atoms with Gasteiger partial charge < -0.3 is 4.74 Å². The standard InChI is InChI=1S/C16H13BrF2N2O3/c1-9(24-12-5-3-11(18)4-6-12)15(22)20-21-16(23)13-7-2-10(17)8-14(13)19/h2-9H,1H3,(H,20,22)(H,21,23)/t9-/m1/s1. The third kappa shape index (κ3) is 4.76. The Balaban J connectivity index is 1.89. The van der Waals surface area contributed by atoms with Crippen LogP contribution in [0, 0.1) is 11.6 Å². The number of carbonyl (C=O) groups is 2. The van der Waals surface area contributed by atoms with E-state index in [4.69, 9.17) is 4.74 Å². The lowest BCUT2D eigenvalue weighted by atomic mass is 10.2. The molecular formula is C16H13BrF2N2O3. The highest BCUT2D eigenvalue weighted by Gasteiger charge is 2.17. The SMILES string of the molecule is C[C@@H](Oc1ccc(F)cc1)C(=O)NNC(=O)c1ccc(Br)cc1F. The molecule has 2 amide bonds. The fourth-order valence-corrected chi connectivity index (χ4v) is 2.06. The molecule has 126 valence electrons. The van der Waals surface area contributed by atoms with Crippen LogP contribution in [-0.4, -0.2) is 17.9 Å². The van der Waals surface area contributed by atoms with Gasteiger partial charge in [0.1, 0.15) is 17.4 Å². The van der Waals surface area contributed by atoms with Crippen molar-refractivity contribution >= 4 is 27.7 Å². The van der Waals surface area contributed by atoms with Crippen molar-refractivity contribution in [3.63, 3.8) is 0 Å². The zero-order chi connectivity index (χ0) is 17.7. The monoisotopic (exact) mass is 398 g/mol. The van der Waals surface area contributed by atoms with Crippen molar-refractivity contribution in [2.75, 3.05) is 0 Å². The van der Waals surface area contributed by atoms with Gasteiger partial charge in [-0.2, -0.15) is 0 Å². The van der Waals surface area contributed by atoms with E-state index in [1.165, 1.54) is 43.3 Å². The van der Waals surface area contributed by atoms with Crippen LogP contribution in [0.1, 0.15) is 17.3 Å². The quantitative estimate of drug-likeness (QED) is 0.778. The van der Waals surface area contributed by atoms with Crippen LogP contribution in [0.4, 0.5) is 8.78 Å². The van der Waals surface area contributed by atoms with Crippen LogP contribution in [0.25, 0.3) is 0 Å². The maximum absolute atomic E-state index is 13.6. The van der Waals surface area contributed by atoms with Crippen molar-refractivity contribution in [2.45, 2.75) is 13.0 Å². The van der Waals surface area contributed by atoms with Crippen molar-refractivity contribution < 1.29 is 23.1 Å². The molecule has 5 nitrogen and oxygen atoms in total. The van der Waals surface area contributed by atoms with Crippen LogP contribution >= 0.6 is 15.9 Å². The first kappa shape index (κ1) is 17.9. The molecule has 8 heteroatoms. The zero-order valence-electron chi connectivity index (χ0n) is 12.5. The van der Waals surface area contributed by atoms with Crippen LogP contribution < -0.4 is 15.6 Å². The van der Waals surface area contributed by atoms with E-state index in [0.29, 0.717) is 10.2 Å². The van der Waals surface area contributed by atoms with Gasteiger partial charge in [0, 0.05) is 4.47 Å². The predicted octanol–water partition coefficient (Wildman–Crippen LogP) is 2.96. The average Bonchev–Trinajstić information content (AvgIpc) is 2.54. The number of ether oxygens (including phenoxy) is 1. The Morgan fingerprint density at radius 3 is 2.38 bits per heavy atom. The first-order chi connectivity index (χ1) is 11.4. The molecule has 0 aliphatic rings. The van der Waals surface area contributed by atoms with E-state index in [1.807, 2.05) is 0 Å². The van der Waals surface area contributed by atoms with Crippen molar-refractivity contribution in [2.24, 2.45) is 0 Å². The summed E-state index contributed by atoms with van der Waals surface area (Å²) in [6.07, 6.45) is -0.953. The maximum Gasteiger partial charge on any atom is 0.279 e. The Morgan fingerprint density at radius 2 is 1.75 bits per heavy atom. The molecule has 0 radical (unpaired) electrons. The molecule has 1 atom stereocenters. The van der Waals surface area contributed by atoms with E-state index in [9.17, 15) is 18.4 Å². The summed E-state index contributed by atoms with van der Waals surface area (Å²) in [7, 11) is 0. The van der Waals surface area contributed by atoms with E-state index >= 15 is 0 Å². The lowest BCUT2D eigenvalue weighted by molar-refractivity contribution is -0.128. The molecule has 0 aromatic heterocycles. The van der Waals surface area contributed by atoms with Crippen LogP contribution in [0.5, 0.6) is 5.75 Å². The van der Waals surface area contributed by atoms with E-state index < -0.39 is 29.6 Å². The molecule has 0 aliphatic carbocycles. The summed E-state index contributed by atoms with van der Waals surface area (Å²) in [6, 6.07) is 9.04.